The fourth-order valence-electron chi connectivity index (χ4n) is 1.18. The summed E-state index contributed by atoms with van der Waals surface area (Å²) in [5, 5.41) is 18.4. The summed E-state index contributed by atoms with van der Waals surface area (Å²) in [6.07, 6.45) is 0. The number of aryl methyl sites for hydroxylation is 1. The number of aliphatic hydroxyl groups is 1. The van der Waals surface area contributed by atoms with E-state index in [2.05, 4.69) is 0 Å². The second-order valence-corrected chi connectivity index (χ2v) is 4.41. The number of carbonyl (C=O) groups is 1. The average molecular weight is 224 g/mol. The monoisotopic (exact) mass is 224 g/mol. The van der Waals surface area contributed by atoms with Gasteiger partial charge in [0.1, 0.15) is 17.9 Å². The number of carboxylic acid groups (broad SMARTS) is 1. The average Bonchev–Trinajstić information content (AvgIpc) is 2.13. The van der Waals surface area contributed by atoms with E-state index in [1.54, 1.807) is 26.0 Å². The molecule has 0 heterocycles. The smallest absolute Gasteiger partial charge is 0.339 e. The van der Waals surface area contributed by atoms with E-state index in [1.807, 2.05) is 6.92 Å². The molecule has 0 bridgehead atoms. The number of hydrogen-bond acceptors (Lipinski definition) is 3. The van der Waals surface area contributed by atoms with Crippen molar-refractivity contribution in [2.24, 2.45) is 0 Å². The van der Waals surface area contributed by atoms with Crippen LogP contribution in [-0.2, 0) is 0 Å². The third-order valence-electron chi connectivity index (χ3n) is 1.95. The third-order valence-corrected chi connectivity index (χ3v) is 1.95. The molecule has 0 saturated heterocycles. The molecule has 1 aromatic carbocycles. The van der Waals surface area contributed by atoms with Crippen LogP contribution in [0.25, 0.3) is 0 Å². The first kappa shape index (κ1) is 12.5. The Kier molecular flexibility index (Phi) is 3.55. The van der Waals surface area contributed by atoms with E-state index in [0.717, 1.165) is 5.56 Å². The van der Waals surface area contributed by atoms with Gasteiger partial charge >= 0.3 is 5.97 Å². The zero-order chi connectivity index (χ0) is 12.3. The molecule has 0 atom stereocenters. The van der Waals surface area contributed by atoms with Crippen molar-refractivity contribution in [3.63, 3.8) is 0 Å². The molecule has 0 amide bonds. The Labute approximate surface area is 94.5 Å². The van der Waals surface area contributed by atoms with E-state index in [9.17, 15) is 9.90 Å². The minimum atomic E-state index is -1.04. The van der Waals surface area contributed by atoms with Crippen molar-refractivity contribution < 1.29 is 19.7 Å². The molecular formula is C12H16O4. The van der Waals surface area contributed by atoms with Gasteiger partial charge in [-0.05, 0) is 38.5 Å². The summed E-state index contributed by atoms with van der Waals surface area (Å²) in [6.45, 7) is 5.10. The van der Waals surface area contributed by atoms with Crippen molar-refractivity contribution >= 4 is 5.97 Å². The Hall–Kier alpha value is -1.55. The summed E-state index contributed by atoms with van der Waals surface area (Å²) in [5.41, 5.74) is 0.0325. The number of hydrogen-bond donors (Lipinski definition) is 2. The number of rotatable bonds is 4. The maximum Gasteiger partial charge on any atom is 0.339 e. The number of aromatic carboxylic acids is 1. The van der Waals surface area contributed by atoms with Gasteiger partial charge in [0.25, 0.3) is 0 Å². The largest absolute Gasteiger partial charge is 0.490 e. The van der Waals surface area contributed by atoms with Gasteiger partial charge in [0.15, 0.2) is 0 Å². The molecule has 2 N–H and O–H groups in total. The van der Waals surface area contributed by atoms with Gasteiger partial charge < -0.3 is 14.9 Å². The highest BCUT2D eigenvalue weighted by molar-refractivity contribution is 5.90. The van der Waals surface area contributed by atoms with Crippen molar-refractivity contribution in [1.29, 1.82) is 0 Å². The molecule has 0 aliphatic carbocycles. The number of benzene rings is 1. The van der Waals surface area contributed by atoms with E-state index in [0.29, 0.717) is 0 Å². The SMILES string of the molecule is Cc1ccc(C(=O)O)c(OCC(C)(C)O)c1. The van der Waals surface area contributed by atoms with Gasteiger partial charge in [-0.1, -0.05) is 6.07 Å². The molecule has 0 radical (unpaired) electrons. The van der Waals surface area contributed by atoms with Gasteiger partial charge in [-0.2, -0.15) is 0 Å². The Balaban J connectivity index is 2.93. The van der Waals surface area contributed by atoms with E-state index in [-0.39, 0.29) is 17.9 Å². The highest BCUT2D eigenvalue weighted by Crippen LogP contribution is 2.21. The standard InChI is InChI=1S/C12H16O4/c1-8-4-5-9(11(13)14)10(6-8)16-7-12(2,3)15/h4-6,15H,7H2,1-3H3,(H,13,14). The molecule has 16 heavy (non-hydrogen) atoms. The van der Waals surface area contributed by atoms with Crippen molar-refractivity contribution in [1.82, 2.24) is 0 Å². The van der Waals surface area contributed by atoms with Gasteiger partial charge in [0, 0.05) is 0 Å². The fraction of sp³-hybridized carbons (Fsp3) is 0.417. The predicted molar refractivity (Wildman–Crippen MR) is 59.9 cm³/mol. The number of carboxylic acids is 1. The third kappa shape index (κ3) is 3.55. The molecule has 0 aromatic heterocycles. The van der Waals surface area contributed by atoms with Gasteiger partial charge in [-0.3, -0.25) is 0 Å². The van der Waals surface area contributed by atoms with Gasteiger partial charge in [-0.25, -0.2) is 4.79 Å². The van der Waals surface area contributed by atoms with Crippen LogP contribution in [0, 0.1) is 6.92 Å². The van der Waals surface area contributed by atoms with Crippen molar-refractivity contribution in [2.45, 2.75) is 26.4 Å². The van der Waals surface area contributed by atoms with Crippen LogP contribution in [0.2, 0.25) is 0 Å². The molecule has 1 rings (SSSR count). The van der Waals surface area contributed by atoms with E-state index >= 15 is 0 Å². The molecule has 0 fully saturated rings. The van der Waals surface area contributed by atoms with Crippen molar-refractivity contribution in [2.75, 3.05) is 6.61 Å². The molecule has 0 spiro atoms. The Morgan fingerprint density at radius 3 is 2.56 bits per heavy atom. The molecule has 0 aliphatic heterocycles. The number of ether oxygens (including phenoxy) is 1. The topological polar surface area (TPSA) is 66.8 Å². The summed E-state index contributed by atoms with van der Waals surface area (Å²) in [4.78, 5) is 10.9. The summed E-state index contributed by atoms with van der Waals surface area (Å²) < 4.78 is 5.31. The van der Waals surface area contributed by atoms with Crippen LogP contribution >= 0.6 is 0 Å². The molecule has 4 nitrogen and oxygen atoms in total. The molecular weight excluding hydrogens is 208 g/mol. The first-order valence-electron chi connectivity index (χ1n) is 4.99. The van der Waals surface area contributed by atoms with Crippen LogP contribution in [0.3, 0.4) is 0 Å². The predicted octanol–water partition coefficient (Wildman–Crippen LogP) is 1.84. The second-order valence-electron chi connectivity index (χ2n) is 4.41. The van der Waals surface area contributed by atoms with Crippen molar-refractivity contribution in [3.8, 4) is 5.75 Å². The Bertz CT molecular complexity index is 390. The normalized spacial score (nSPS) is 11.2. The minimum absolute atomic E-state index is 0.0523. The molecule has 0 aliphatic rings. The van der Waals surface area contributed by atoms with Crippen molar-refractivity contribution in [3.05, 3.63) is 29.3 Å². The lowest BCUT2D eigenvalue weighted by atomic mass is 10.1. The van der Waals surface area contributed by atoms with Gasteiger partial charge in [0.05, 0.1) is 5.60 Å². The summed E-state index contributed by atoms with van der Waals surface area (Å²) >= 11 is 0. The molecule has 88 valence electrons. The maximum absolute atomic E-state index is 10.9. The van der Waals surface area contributed by atoms with Gasteiger partial charge in [0.2, 0.25) is 0 Å². The summed E-state index contributed by atoms with van der Waals surface area (Å²) in [7, 11) is 0. The summed E-state index contributed by atoms with van der Waals surface area (Å²) in [5.74, 6) is -0.750. The first-order valence-corrected chi connectivity index (χ1v) is 4.99. The zero-order valence-corrected chi connectivity index (χ0v) is 9.65. The molecule has 4 heteroatoms. The lowest BCUT2D eigenvalue weighted by molar-refractivity contribution is 0.0275. The quantitative estimate of drug-likeness (QED) is 0.819. The van der Waals surface area contributed by atoms with Crippen LogP contribution in [-0.4, -0.2) is 28.4 Å². The molecule has 0 unspecified atom stereocenters. The molecule has 0 saturated carbocycles. The second kappa shape index (κ2) is 4.53. The van der Waals surface area contributed by atoms with Crippen LogP contribution in [0.15, 0.2) is 18.2 Å². The van der Waals surface area contributed by atoms with E-state index in [4.69, 9.17) is 9.84 Å². The Morgan fingerprint density at radius 2 is 2.06 bits per heavy atom. The zero-order valence-electron chi connectivity index (χ0n) is 9.65. The van der Waals surface area contributed by atoms with Crippen LogP contribution in [0.4, 0.5) is 0 Å². The minimum Gasteiger partial charge on any atom is -0.490 e. The fourth-order valence-corrected chi connectivity index (χ4v) is 1.18. The maximum atomic E-state index is 10.9. The first-order chi connectivity index (χ1) is 7.29. The summed E-state index contributed by atoms with van der Waals surface area (Å²) in [6, 6.07) is 4.85. The highest BCUT2D eigenvalue weighted by atomic mass is 16.5. The van der Waals surface area contributed by atoms with Crippen LogP contribution in [0.5, 0.6) is 5.75 Å². The highest BCUT2D eigenvalue weighted by Gasteiger charge is 2.17. The molecule has 1 aromatic rings. The van der Waals surface area contributed by atoms with Crippen LogP contribution in [0.1, 0.15) is 29.8 Å². The lowest BCUT2D eigenvalue weighted by Crippen LogP contribution is -2.28. The van der Waals surface area contributed by atoms with Crippen LogP contribution < -0.4 is 4.74 Å². The van der Waals surface area contributed by atoms with E-state index < -0.39 is 11.6 Å². The Morgan fingerprint density at radius 1 is 1.44 bits per heavy atom. The van der Waals surface area contributed by atoms with E-state index in [1.165, 1.54) is 6.07 Å². The van der Waals surface area contributed by atoms with Gasteiger partial charge in [-0.15, -0.1) is 0 Å². The lowest BCUT2D eigenvalue weighted by Gasteiger charge is -2.18.